The molecule has 0 unspecified atom stereocenters. The van der Waals surface area contributed by atoms with E-state index in [0.29, 0.717) is 30.8 Å². The number of nitrogens with one attached hydrogen (secondary N) is 1. The highest BCUT2D eigenvalue weighted by atomic mass is 16.1. The van der Waals surface area contributed by atoms with Gasteiger partial charge < -0.3 is 11.1 Å². The Labute approximate surface area is 118 Å². The molecule has 0 aliphatic carbocycles. The Morgan fingerprint density at radius 2 is 1.90 bits per heavy atom. The summed E-state index contributed by atoms with van der Waals surface area (Å²) in [5, 5.41) is 19.9. The van der Waals surface area contributed by atoms with Gasteiger partial charge in [-0.15, -0.1) is 0 Å². The number of nitriles is 2. The molecule has 0 aliphatic heterocycles. The second kappa shape index (κ2) is 8.52. The minimum Gasteiger partial charge on any atom is -0.397 e. The number of carbonyl (C=O) groups is 1. The number of nitrogens with zero attached hydrogens (tertiary/aromatic N) is 3. The number of para-hydroxylation sites is 2. The monoisotopic (exact) mass is 271 g/mol. The number of benzene rings is 1. The summed E-state index contributed by atoms with van der Waals surface area (Å²) >= 11 is 0. The molecule has 0 aromatic heterocycles. The Bertz CT molecular complexity index is 513. The van der Waals surface area contributed by atoms with Crippen LogP contribution in [0.3, 0.4) is 0 Å². The van der Waals surface area contributed by atoms with E-state index in [2.05, 4.69) is 5.32 Å². The fourth-order valence-corrected chi connectivity index (χ4v) is 1.70. The van der Waals surface area contributed by atoms with Crippen molar-refractivity contribution in [3.63, 3.8) is 0 Å². The second-order valence-electron chi connectivity index (χ2n) is 4.27. The smallest absolute Gasteiger partial charge is 0.224 e. The van der Waals surface area contributed by atoms with Crippen LogP contribution in [-0.2, 0) is 4.79 Å². The maximum absolute atomic E-state index is 11.7. The quantitative estimate of drug-likeness (QED) is 0.575. The molecule has 1 aromatic carbocycles. The molecule has 0 aliphatic rings. The fraction of sp³-hybridized carbons (Fsp3) is 0.357. The van der Waals surface area contributed by atoms with Crippen LogP contribution < -0.4 is 11.1 Å². The maximum Gasteiger partial charge on any atom is 0.224 e. The van der Waals surface area contributed by atoms with Gasteiger partial charge in [0.05, 0.1) is 36.6 Å². The molecule has 0 radical (unpaired) electrons. The number of nitrogen functional groups attached to an aromatic ring is 1. The van der Waals surface area contributed by atoms with Gasteiger partial charge in [0.25, 0.3) is 0 Å². The van der Waals surface area contributed by atoms with Gasteiger partial charge in [-0.05, 0) is 18.6 Å². The summed E-state index contributed by atoms with van der Waals surface area (Å²) in [4.78, 5) is 13.4. The van der Waals surface area contributed by atoms with E-state index in [4.69, 9.17) is 16.3 Å². The number of hydrogen-bond donors (Lipinski definition) is 2. The number of rotatable bonds is 7. The van der Waals surface area contributed by atoms with Gasteiger partial charge in [0.2, 0.25) is 5.91 Å². The number of hydrogen-bond acceptors (Lipinski definition) is 5. The largest absolute Gasteiger partial charge is 0.397 e. The lowest BCUT2D eigenvalue weighted by molar-refractivity contribution is -0.116. The number of carbonyl (C=O) groups excluding carboxylic acids is 1. The highest BCUT2D eigenvalue weighted by molar-refractivity contribution is 5.93. The van der Waals surface area contributed by atoms with Crippen LogP contribution in [0.1, 0.15) is 12.8 Å². The van der Waals surface area contributed by atoms with Crippen molar-refractivity contribution in [2.45, 2.75) is 12.8 Å². The molecule has 1 aromatic rings. The van der Waals surface area contributed by atoms with E-state index in [0.717, 1.165) is 0 Å². The van der Waals surface area contributed by atoms with E-state index < -0.39 is 0 Å². The number of amides is 1. The predicted molar refractivity (Wildman–Crippen MR) is 76.4 cm³/mol. The van der Waals surface area contributed by atoms with Gasteiger partial charge in [0.15, 0.2) is 0 Å². The molecule has 104 valence electrons. The molecule has 0 heterocycles. The first-order valence-electron chi connectivity index (χ1n) is 6.28. The zero-order valence-corrected chi connectivity index (χ0v) is 11.2. The van der Waals surface area contributed by atoms with Gasteiger partial charge in [-0.3, -0.25) is 9.69 Å². The van der Waals surface area contributed by atoms with E-state index in [1.807, 2.05) is 12.1 Å². The summed E-state index contributed by atoms with van der Waals surface area (Å²) in [6, 6.07) is 11.0. The standard InChI is InChI=1S/C14H17N5O/c15-7-10-19(11-8-16)9-3-6-14(20)18-13-5-2-1-4-12(13)17/h1-2,4-5H,3,6,9-11,17H2,(H,18,20). The zero-order chi connectivity index (χ0) is 14.8. The van der Waals surface area contributed by atoms with Crippen LogP contribution in [0.2, 0.25) is 0 Å². The summed E-state index contributed by atoms with van der Waals surface area (Å²) in [7, 11) is 0. The highest BCUT2D eigenvalue weighted by Crippen LogP contribution is 2.16. The minimum atomic E-state index is -0.128. The van der Waals surface area contributed by atoms with Crippen molar-refractivity contribution >= 4 is 17.3 Å². The molecular formula is C14H17N5O. The molecule has 0 atom stereocenters. The first kappa shape index (κ1) is 15.5. The van der Waals surface area contributed by atoms with E-state index >= 15 is 0 Å². The van der Waals surface area contributed by atoms with E-state index in [9.17, 15) is 4.79 Å². The topological polar surface area (TPSA) is 106 Å². The van der Waals surface area contributed by atoms with Gasteiger partial charge >= 0.3 is 0 Å². The van der Waals surface area contributed by atoms with Gasteiger partial charge in [-0.25, -0.2) is 0 Å². The van der Waals surface area contributed by atoms with Crippen molar-refractivity contribution in [3.8, 4) is 12.1 Å². The summed E-state index contributed by atoms with van der Waals surface area (Å²) in [6.07, 6.45) is 0.906. The van der Waals surface area contributed by atoms with Crippen LogP contribution in [0.4, 0.5) is 11.4 Å². The third-order valence-electron chi connectivity index (χ3n) is 2.70. The molecule has 20 heavy (non-hydrogen) atoms. The number of anilines is 2. The Morgan fingerprint density at radius 1 is 1.25 bits per heavy atom. The van der Waals surface area contributed by atoms with Crippen LogP contribution in [0.5, 0.6) is 0 Å². The lowest BCUT2D eigenvalue weighted by Gasteiger charge is -2.14. The van der Waals surface area contributed by atoms with Crippen LogP contribution in [0.25, 0.3) is 0 Å². The summed E-state index contributed by atoms with van der Waals surface area (Å²) in [6.45, 7) is 0.931. The average Bonchev–Trinajstić information content (AvgIpc) is 2.42. The molecule has 1 rings (SSSR count). The second-order valence-corrected chi connectivity index (χ2v) is 4.27. The van der Waals surface area contributed by atoms with Crippen LogP contribution in [-0.4, -0.2) is 30.4 Å². The fourth-order valence-electron chi connectivity index (χ4n) is 1.70. The molecule has 0 saturated heterocycles. The molecule has 0 fully saturated rings. The lowest BCUT2D eigenvalue weighted by Crippen LogP contribution is -2.26. The first-order valence-corrected chi connectivity index (χ1v) is 6.28. The minimum absolute atomic E-state index is 0.128. The van der Waals surface area contributed by atoms with Crippen LogP contribution in [0.15, 0.2) is 24.3 Å². The normalized spacial score (nSPS) is 9.75. The van der Waals surface area contributed by atoms with Gasteiger partial charge in [-0.2, -0.15) is 10.5 Å². The van der Waals surface area contributed by atoms with Crippen LogP contribution >= 0.6 is 0 Å². The van der Waals surface area contributed by atoms with Crippen molar-refractivity contribution < 1.29 is 4.79 Å². The SMILES string of the molecule is N#CCN(CC#N)CCCC(=O)Nc1ccccc1N. The van der Waals surface area contributed by atoms with Gasteiger partial charge in [0.1, 0.15) is 0 Å². The highest BCUT2D eigenvalue weighted by Gasteiger charge is 2.07. The van der Waals surface area contributed by atoms with Crippen molar-refractivity contribution in [1.82, 2.24) is 4.90 Å². The molecule has 6 heteroatoms. The number of nitrogens with two attached hydrogens (primary N) is 1. The lowest BCUT2D eigenvalue weighted by atomic mass is 10.2. The molecular weight excluding hydrogens is 254 g/mol. The molecule has 0 bridgehead atoms. The molecule has 1 amide bonds. The Morgan fingerprint density at radius 3 is 2.50 bits per heavy atom. The van der Waals surface area contributed by atoms with E-state index in [1.165, 1.54) is 0 Å². The Balaban J connectivity index is 2.35. The zero-order valence-electron chi connectivity index (χ0n) is 11.2. The summed E-state index contributed by atoms with van der Waals surface area (Å²) in [5.41, 5.74) is 6.85. The van der Waals surface area contributed by atoms with Crippen molar-refractivity contribution in [2.24, 2.45) is 0 Å². The van der Waals surface area contributed by atoms with Crippen molar-refractivity contribution in [1.29, 1.82) is 10.5 Å². The van der Waals surface area contributed by atoms with Crippen LogP contribution in [0, 0.1) is 22.7 Å². The average molecular weight is 271 g/mol. The molecule has 6 nitrogen and oxygen atoms in total. The summed E-state index contributed by atoms with van der Waals surface area (Å²) < 4.78 is 0. The van der Waals surface area contributed by atoms with E-state index in [-0.39, 0.29) is 19.0 Å². The van der Waals surface area contributed by atoms with Crippen molar-refractivity contribution in [2.75, 3.05) is 30.7 Å². The van der Waals surface area contributed by atoms with Gasteiger partial charge in [0, 0.05) is 13.0 Å². The molecule has 3 N–H and O–H groups in total. The van der Waals surface area contributed by atoms with E-state index in [1.54, 1.807) is 29.2 Å². The Kier molecular flexibility index (Phi) is 6.60. The third kappa shape index (κ3) is 5.38. The Hall–Kier alpha value is -2.57. The predicted octanol–water partition coefficient (Wildman–Crippen LogP) is 1.34. The molecule has 0 spiro atoms. The third-order valence-corrected chi connectivity index (χ3v) is 2.70. The van der Waals surface area contributed by atoms with Gasteiger partial charge in [-0.1, -0.05) is 12.1 Å². The van der Waals surface area contributed by atoms with Crippen molar-refractivity contribution in [3.05, 3.63) is 24.3 Å². The molecule has 0 saturated carbocycles. The maximum atomic E-state index is 11.7. The first-order chi connectivity index (χ1) is 9.67. The summed E-state index contributed by atoms with van der Waals surface area (Å²) in [5.74, 6) is -0.128.